The maximum atomic E-state index is 6.51. The Balaban J connectivity index is 1.66. The van der Waals surface area contributed by atoms with Crippen molar-refractivity contribution in [2.24, 2.45) is 11.8 Å². The number of rotatable bonds is 0. The van der Waals surface area contributed by atoms with Crippen LogP contribution in [0.15, 0.2) is 0 Å². The summed E-state index contributed by atoms with van der Waals surface area (Å²) in [6.45, 7) is 6.81. The summed E-state index contributed by atoms with van der Waals surface area (Å²) in [5, 5.41) is 0. The summed E-state index contributed by atoms with van der Waals surface area (Å²) in [6, 6.07) is 0. The van der Waals surface area contributed by atoms with Crippen LogP contribution < -0.4 is 0 Å². The van der Waals surface area contributed by atoms with Gasteiger partial charge in [0.15, 0.2) is 5.79 Å². The van der Waals surface area contributed by atoms with Crippen molar-refractivity contribution in [3.63, 3.8) is 0 Å². The van der Waals surface area contributed by atoms with Crippen LogP contribution in [0.25, 0.3) is 0 Å². The van der Waals surface area contributed by atoms with Crippen molar-refractivity contribution < 1.29 is 14.2 Å². The highest BCUT2D eigenvalue weighted by molar-refractivity contribution is 5.16. The van der Waals surface area contributed by atoms with Crippen LogP contribution in [0.3, 0.4) is 0 Å². The molecule has 1 saturated carbocycles. The molecule has 4 rings (SSSR count). The van der Waals surface area contributed by atoms with Gasteiger partial charge >= 0.3 is 0 Å². The molecule has 6 atom stereocenters. The molecule has 1 aliphatic carbocycles. The molecule has 1 spiro atoms. The lowest BCUT2D eigenvalue weighted by Gasteiger charge is -2.37. The number of fused-ring (bicyclic) bond motifs is 5. The molecule has 3 heterocycles. The van der Waals surface area contributed by atoms with Crippen molar-refractivity contribution >= 4 is 0 Å². The van der Waals surface area contributed by atoms with Gasteiger partial charge in [0.25, 0.3) is 0 Å². The lowest BCUT2D eigenvalue weighted by atomic mass is 9.72. The Kier molecular flexibility index (Phi) is 2.27. The van der Waals surface area contributed by atoms with E-state index in [9.17, 15) is 0 Å². The Bertz CT molecular complexity index is 363. The molecule has 2 bridgehead atoms. The first-order chi connectivity index (χ1) is 8.56. The summed E-state index contributed by atoms with van der Waals surface area (Å²) in [5.74, 6) is 0.899. The molecule has 18 heavy (non-hydrogen) atoms. The van der Waals surface area contributed by atoms with Gasteiger partial charge in [0.05, 0.1) is 12.2 Å². The van der Waals surface area contributed by atoms with Crippen LogP contribution in [-0.2, 0) is 14.2 Å². The topological polar surface area (TPSA) is 27.7 Å². The Hall–Kier alpha value is -0.120. The minimum absolute atomic E-state index is 0.159. The Morgan fingerprint density at radius 3 is 2.39 bits per heavy atom. The van der Waals surface area contributed by atoms with Crippen LogP contribution >= 0.6 is 0 Å². The zero-order chi connectivity index (χ0) is 12.5. The van der Waals surface area contributed by atoms with Gasteiger partial charge in [-0.05, 0) is 31.6 Å². The summed E-state index contributed by atoms with van der Waals surface area (Å²) in [4.78, 5) is 0. The van der Waals surface area contributed by atoms with Gasteiger partial charge in [0, 0.05) is 12.8 Å². The summed E-state index contributed by atoms with van der Waals surface area (Å²) in [6.07, 6.45) is 6.58. The van der Waals surface area contributed by atoms with Gasteiger partial charge in [0.1, 0.15) is 11.7 Å². The fourth-order valence-electron chi connectivity index (χ4n) is 4.75. The van der Waals surface area contributed by atoms with E-state index in [1.54, 1.807) is 0 Å². The number of hydrogen-bond acceptors (Lipinski definition) is 3. The van der Waals surface area contributed by atoms with Crippen molar-refractivity contribution in [1.82, 2.24) is 0 Å². The second-order valence-corrected chi connectivity index (χ2v) is 7.04. The Labute approximate surface area is 109 Å². The fraction of sp³-hybridized carbons (Fsp3) is 1.00. The van der Waals surface area contributed by atoms with Crippen molar-refractivity contribution in [3.05, 3.63) is 0 Å². The molecule has 3 nitrogen and oxygen atoms in total. The molecule has 0 aromatic carbocycles. The van der Waals surface area contributed by atoms with E-state index in [-0.39, 0.29) is 29.7 Å². The molecule has 4 fully saturated rings. The van der Waals surface area contributed by atoms with E-state index in [2.05, 4.69) is 20.8 Å². The molecule has 3 aliphatic heterocycles. The van der Waals surface area contributed by atoms with Gasteiger partial charge in [-0.25, -0.2) is 0 Å². The average molecular weight is 252 g/mol. The number of hydrogen-bond donors (Lipinski definition) is 0. The van der Waals surface area contributed by atoms with Gasteiger partial charge in [-0.2, -0.15) is 0 Å². The van der Waals surface area contributed by atoms with Gasteiger partial charge in [-0.3, -0.25) is 0 Å². The molecule has 4 aliphatic rings. The molecule has 3 heteroatoms. The predicted octanol–water partition coefficient (Wildman–Crippen LogP) is 2.87. The maximum absolute atomic E-state index is 6.51. The first-order valence-corrected chi connectivity index (χ1v) is 7.59. The normalized spacial score (nSPS) is 57.2. The SMILES string of the molecule is CC1C(C)C2OC1C1OC3(CCCCC3)OC21C. The van der Waals surface area contributed by atoms with Crippen molar-refractivity contribution in [2.75, 3.05) is 0 Å². The third-order valence-electron chi connectivity index (χ3n) is 5.92. The van der Waals surface area contributed by atoms with Gasteiger partial charge in [-0.1, -0.05) is 20.3 Å². The van der Waals surface area contributed by atoms with E-state index in [0.29, 0.717) is 11.8 Å². The molecular formula is C15H24O3. The predicted molar refractivity (Wildman–Crippen MR) is 67.2 cm³/mol. The van der Waals surface area contributed by atoms with Crippen LogP contribution in [0.4, 0.5) is 0 Å². The fourth-order valence-corrected chi connectivity index (χ4v) is 4.75. The second-order valence-electron chi connectivity index (χ2n) is 7.04. The lowest BCUT2D eigenvalue weighted by molar-refractivity contribution is -0.231. The van der Waals surface area contributed by atoms with E-state index in [1.165, 1.54) is 19.3 Å². The first kappa shape index (κ1) is 11.7. The third kappa shape index (κ3) is 1.26. The Morgan fingerprint density at radius 1 is 0.944 bits per heavy atom. The molecular weight excluding hydrogens is 228 g/mol. The van der Waals surface area contributed by atoms with Gasteiger partial charge < -0.3 is 14.2 Å². The van der Waals surface area contributed by atoms with Crippen molar-refractivity contribution in [2.45, 2.75) is 82.6 Å². The summed E-state index contributed by atoms with van der Waals surface area (Å²) < 4.78 is 19.1. The average Bonchev–Trinajstić information content (AvgIpc) is 2.88. The molecule has 6 unspecified atom stereocenters. The minimum Gasteiger partial charge on any atom is -0.368 e. The Morgan fingerprint density at radius 2 is 1.67 bits per heavy atom. The largest absolute Gasteiger partial charge is 0.368 e. The zero-order valence-electron chi connectivity index (χ0n) is 11.6. The van der Waals surface area contributed by atoms with Crippen LogP contribution in [0.2, 0.25) is 0 Å². The summed E-state index contributed by atoms with van der Waals surface area (Å²) in [7, 11) is 0. The smallest absolute Gasteiger partial charge is 0.169 e. The molecule has 0 amide bonds. The standard InChI is InChI=1S/C15H24O3/c1-9-10(2)12-14(3)13(11(9)16-12)17-15(18-14)7-5-4-6-8-15/h9-13H,4-8H2,1-3H3. The van der Waals surface area contributed by atoms with E-state index < -0.39 is 0 Å². The molecule has 0 N–H and O–H groups in total. The van der Waals surface area contributed by atoms with Crippen LogP contribution in [0, 0.1) is 11.8 Å². The van der Waals surface area contributed by atoms with E-state index in [0.717, 1.165) is 12.8 Å². The van der Waals surface area contributed by atoms with Crippen LogP contribution in [-0.4, -0.2) is 29.7 Å². The highest BCUT2D eigenvalue weighted by Gasteiger charge is 2.71. The maximum Gasteiger partial charge on any atom is 0.169 e. The number of ether oxygens (including phenoxy) is 3. The highest BCUT2D eigenvalue weighted by Crippen LogP contribution is 2.58. The van der Waals surface area contributed by atoms with Crippen molar-refractivity contribution in [3.8, 4) is 0 Å². The van der Waals surface area contributed by atoms with Crippen LogP contribution in [0.1, 0.15) is 52.9 Å². The zero-order valence-corrected chi connectivity index (χ0v) is 11.6. The van der Waals surface area contributed by atoms with E-state index >= 15 is 0 Å². The lowest BCUT2D eigenvalue weighted by Crippen LogP contribution is -2.52. The first-order valence-electron chi connectivity index (χ1n) is 7.59. The molecule has 0 aromatic rings. The van der Waals surface area contributed by atoms with Gasteiger partial charge in [-0.15, -0.1) is 0 Å². The summed E-state index contributed by atoms with van der Waals surface area (Å²) in [5.41, 5.74) is -0.200. The third-order valence-corrected chi connectivity index (χ3v) is 5.92. The second kappa shape index (κ2) is 3.50. The highest BCUT2D eigenvalue weighted by atomic mass is 16.8. The van der Waals surface area contributed by atoms with E-state index in [1.807, 2.05) is 0 Å². The monoisotopic (exact) mass is 252 g/mol. The van der Waals surface area contributed by atoms with Crippen LogP contribution in [0.5, 0.6) is 0 Å². The van der Waals surface area contributed by atoms with E-state index in [4.69, 9.17) is 14.2 Å². The van der Waals surface area contributed by atoms with Gasteiger partial charge in [0.2, 0.25) is 0 Å². The van der Waals surface area contributed by atoms with Crippen molar-refractivity contribution in [1.29, 1.82) is 0 Å². The quantitative estimate of drug-likeness (QED) is 0.663. The minimum atomic E-state index is -0.276. The molecule has 0 aromatic heterocycles. The molecule has 102 valence electrons. The molecule has 3 saturated heterocycles. The summed E-state index contributed by atoms with van der Waals surface area (Å²) >= 11 is 0. The molecule has 0 radical (unpaired) electrons.